The average Bonchev–Trinajstić information content (AvgIpc) is 3.29. The molecule has 0 saturated carbocycles. The molecule has 0 unspecified atom stereocenters. The average molecular weight is 525 g/mol. The van der Waals surface area contributed by atoms with Gasteiger partial charge in [-0.2, -0.15) is 0 Å². The molecule has 0 spiro atoms. The summed E-state index contributed by atoms with van der Waals surface area (Å²) in [4.78, 5) is 17.5. The summed E-state index contributed by atoms with van der Waals surface area (Å²) >= 11 is 5.98. The van der Waals surface area contributed by atoms with Gasteiger partial charge in [-0.25, -0.2) is 13.6 Å². The number of aromatic nitrogens is 1. The van der Waals surface area contributed by atoms with Gasteiger partial charge in [0.15, 0.2) is 11.0 Å². The van der Waals surface area contributed by atoms with Crippen LogP contribution in [0.15, 0.2) is 73.4 Å². The van der Waals surface area contributed by atoms with Crippen molar-refractivity contribution in [2.24, 2.45) is 5.14 Å². The van der Waals surface area contributed by atoms with Crippen molar-refractivity contribution in [3.8, 4) is 17.1 Å². The molecule has 5 aromatic rings. The fourth-order valence-corrected chi connectivity index (χ4v) is 5.10. The Labute approximate surface area is 211 Å². The summed E-state index contributed by atoms with van der Waals surface area (Å²) in [6.07, 6.45) is 2.45. The van der Waals surface area contributed by atoms with Crippen LogP contribution in [0.3, 0.4) is 0 Å². The predicted octanol–water partition coefficient (Wildman–Crippen LogP) is 5.66. The highest BCUT2D eigenvalue weighted by Gasteiger charge is 2.23. The molecule has 1 atom stereocenters. The molecule has 0 aliphatic carbocycles. The Bertz CT molecular complexity index is 1820. The van der Waals surface area contributed by atoms with Crippen LogP contribution in [0.1, 0.15) is 29.7 Å². The van der Waals surface area contributed by atoms with E-state index in [1.165, 1.54) is 24.5 Å². The van der Waals surface area contributed by atoms with Crippen molar-refractivity contribution in [3.63, 3.8) is 0 Å². The molecule has 36 heavy (non-hydrogen) atoms. The maximum Gasteiger partial charge on any atom is 0.241 e. The smallest absolute Gasteiger partial charge is 0.241 e. The van der Waals surface area contributed by atoms with E-state index in [-0.39, 0.29) is 21.1 Å². The highest BCUT2D eigenvalue weighted by molar-refractivity contribution is 7.89. The number of benzene rings is 2. The van der Waals surface area contributed by atoms with Crippen LogP contribution < -0.4 is 15.3 Å². The van der Waals surface area contributed by atoms with Gasteiger partial charge in [0.25, 0.3) is 0 Å². The molecule has 0 aliphatic rings. The molecule has 5 rings (SSSR count). The maximum absolute atomic E-state index is 13.4. The third-order valence-corrected chi connectivity index (χ3v) is 7.08. The number of pyridine rings is 1. The Morgan fingerprint density at radius 3 is 2.64 bits per heavy atom. The first-order valence-electron chi connectivity index (χ1n) is 10.9. The normalized spacial score (nSPS) is 12.8. The summed E-state index contributed by atoms with van der Waals surface area (Å²) in [7, 11) is -4.10. The second kappa shape index (κ2) is 8.77. The minimum Gasteiger partial charge on any atom is -0.484 e. The molecule has 0 radical (unpaired) electrons. The number of nitrogens with two attached hydrogens (primary N) is 1. The molecule has 3 heterocycles. The largest absolute Gasteiger partial charge is 0.484 e. The number of rotatable bonds is 5. The number of nitrogens with zero attached hydrogens (tertiary/aromatic N) is 1. The number of aryl methyl sites for hydroxylation is 1. The van der Waals surface area contributed by atoms with E-state index < -0.39 is 16.1 Å². The fourth-order valence-electron chi connectivity index (χ4n) is 4.17. The van der Waals surface area contributed by atoms with Crippen molar-refractivity contribution >= 4 is 43.7 Å². The molecule has 184 valence electrons. The van der Waals surface area contributed by atoms with Crippen LogP contribution in [-0.2, 0) is 10.0 Å². The summed E-state index contributed by atoms with van der Waals surface area (Å²) in [5, 5.41) is 5.96. The van der Waals surface area contributed by atoms with Gasteiger partial charge in [0, 0.05) is 34.0 Å². The number of sulfonamides is 1. The van der Waals surface area contributed by atoms with Gasteiger partial charge in [-0.3, -0.25) is 9.78 Å². The van der Waals surface area contributed by atoms with Crippen LogP contribution in [0, 0.1) is 13.8 Å². The summed E-state index contributed by atoms with van der Waals surface area (Å²) in [5.41, 5.74) is 3.77. The number of halogens is 1. The molecule has 3 aromatic heterocycles. The van der Waals surface area contributed by atoms with Crippen molar-refractivity contribution < 1.29 is 22.0 Å². The lowest BCUT2D eigenvalue weighted by atomic mass is 10.00. The number of hydrogen-bond donors (Lipinski definition) is 1. The minimum absolute atomic E-state index is 0.0335. The number of ether oxygens (including phenoxy) is 1. The van der Waals surface area contributed by atoms with Gasteiger partial charge in [-0.15, -0.1) is 0 Å². The number of hydrogen-bond acceptors (Lipinski definition) is 7. The van der Waals surface area contributed by atoms with Gasteiger partial charge in [0.2, 0.25) is 10.0 Å². The summed E-state index contributed by atoms with van der Waals surface area (Å²) in [5.74, 6) is 0.388. The van der Waals surface area contributed by atoms with Crippen LogP contribution in [0.2, 0.25) is 5.02 Å². The van der Waals surface area contributed by atoms with Crippen LogP contribution >= 0.6 is 11.6 Å². The molecule has 0 fully saturated rings. The Hall–Kier alpha value is -3.66. The highest BCUT2D eigenvalue weighted by atomic mass is 35.5. The monoisotopic (exact) mass is 524 g/mol. The topological polar surface area (TPSA) is 126 Å². The van der Waals surface area contributed by atoms with E-state index in [4.69, 9.17) is 30.3 Å². The Morgan fingerprint density at radius 2 is 1.89 bits per heavy atom. The first-order valence-corrected chi connectivity index (χ1v) is 12.9. The maximum atomic E-state index is 13.4. The van der Waals surface area contributed by atoms with Crippen molar-refractivity contribution in [2.75, 3.05) is 0 Å². The lowest BCUT2D eigenvalue weighted by Gasteiger charge is -2.19. The molecule has 0 amide bonds. The van der Waals surface area contributed by atoms with E-state index in [9.17, 15) is 13.2 Å². The quantitative estimate of drug-likeness (QED) is 0.314. The van der Waals surface area contributed by atoms with Gasteiger partial charge in [-0.1, -0.05) is 11.6 Å². The van der Waals surface area contributed by atoms with Crippen molar-refractivity contribution in [2.45, 2.75) is 31.8 Å². The summed E-state index contributed by atoms with van der Waals surface area (Å²) in [6, 6.07) is 11.3. The first kappa shape index (κ1) is 24.1. The lowest BCUT2D eigenvalue weighted by molar-refractivity contribution is 0.220. The molecule has 10 heteroatoms. The van der Waals surface area contributed by atoms with Gasteiger partial charge in [0.1, 0.15) is 33.6 Å². The fraction of sp³-hybridized carbons (Fsp3) is 0.154. The molecule has 2 aromatic carbocycles. The predicted molar refractivity (Wildman–Crippen MR) is 137 cm³/mol. The summed E-state index contributed by atoms with van der Waals surface area (Å²) in [6.45, 7) is 5.28. The number of furan rings is 1. The van der Waals surface area contributed by atoms with E-state index in [2.05, 4.69) is 4.98 Å². The lowest BCUT2D eigenvalue weighted by Crippen LogP contribution is -2.15. The van der Waals surface area contributed by atoms with Gasteiger partial charge >= 0.3 is 0 Å². The molecule has 8 nitrogen and oxygen atoms in total. The van der Waals surface area contributed by atoms with E-state index in [0.717, 1.165) is 5.56 Å². The molecule has 2 N–H and O–H groups in total. The van der Waals surface area contributed by atoms with Crippen LogP contribution in [-0.4, -0.2) is 13.4 Å². The molecule has 0 aliphatic heterocycles. The number of fused-ring (bicyclic) bond motifs is 2. The van der Waals surface area contributed by atoms with E-state index in [1.54, 1.807) is 38.2 Å². The second-order valence-corrected chi connectivity index (χ2v) is 10.5. The highest BCUT2D eigenvalue weighted by Crippen LogP contribution is 2.35. The van der Waals surface area contributed by atoms with Gasteiger partial charge in [-0.05, 0) is 62.7 Å². The van der Waals surface area contributed by atoms with Crippen molar-refractivity contribution in [3.05, 3.63) is 86.9 Å². The SMILES string of the molecule is Cc1cc([C@@H](C)Oc2ccc(Cl)cc2S(N)(=O)=O)c2oc(-c3cnc4ccoc4c3)c(C)c(=O)c2c1. The van der Waals surface area contributed by atoms with Gasteiger partial charge in [0.05, 0.1) is 11.6 Å². The molecular formula is C26H21ClN2O6S. The second-order valence-electron chi connectivity index (χ2n) is 8.54. The zero-order valence-corrected chi connectivity index (χ0v) is 21.1. The minimum atomic E-state index is -4.10. The van der Waals surface area contributed by atoms with Crippen LogP contribution in [0.5, 0.6) is 5.75 Å². The molecular weight excluding hydrogens is 504 g/mol. The summed E-state index contributed by atoms with van der Waals surface area (Å²) < 4.78 is 42.0. The van der Waals surface area contributed by atoms with Crippen molar-refractivity contribution in [1.82, 2.24) is 4.98 Å². The van der Waals surface area contributed by atoms with Crippen LogP contribution in [0.4, 0.5) is 0 Å². The zero-order valence-electron chi connectivity index (χ0n) is 19.5. The van der Waals surface area contributed by atoms with E-state index >= 15 is 0 Å². The van der Waals surface area contributed by atoms with Gasteiger partial charge < -0.3 is 13.6 Å². The van der Waals surface area contributed by atoms with E-state index in [0.29, 0.717) is 44.5 Å². The van der Waals surface area contributed by atoms with E-state index in [1.807, 2.05) is 13.0 Å². The van der Waals surface area contributed by atoms with Crippen LogP contribution in [0.25, 0.3) is 33.4 Å². The molecule has 0 bridgehead atoms. The zero-order chi connectivity index (χ0) is 25.8. The number of primary sulfonamides is 1. The Morgan fingerprint density at radius 1 is 1.11 bits per heavy atom. The Kier molecular flexibility index (Phi) is 5.86. The molecule has 0 saturated heterocycles. The third kappa shape index (κ3) is 4.26. The standard InChI is InChI=1S/C26H21ClN2O6S/c1-13-8-18(15(3)34-21-5-4-17(27)11-23(21)36(28,31)32)26-19(9-13)24(30)14(2)25(35-26)16-10-22-20(29-12-16)6-7-33-22/h4-12,15H,1-3H3,(H2,28,31,32)/t15-/m1/s1. The van der Waals surface area contributed by atoms with Crippen molar-refractivity contribution in [1.29, 1.82) is 0 Å². The first-order chi connectivity index (χ1) is 17.0. The Balaban J connectivity index is 1.68. The third-order valence-electron chi connectivity index (χ3n) is 5.91.